The van der Waals surface area contributed by atoms with Crippen LogP contribution in [0.3, 0.4) is 0 Å². The van der Waals surface area contributed by atoms with E-state index in [2.05, 4.69) is 10.3 Å². The van der Waals surface area contributed by atoms with Crippen LogP contribution in [0.15, 0.2) is 23.1 Å². The number of aliphatic hydroxyl groups is 1. The lowest BCUT2D eigenvalue weighted by Gasteiger charge is -2.25. The maximum atomic E-state index is 11.7. The largest absolute Gasteiger partial charge is 0.388 e. The molecule has 0 aliphatic carbocycles. The van der Waals surface area contributed by atoms with Gasteiger partial charge in [-0.1, -0.05) is 13.8 Å². The van der Waals surface area contributed by atoms with E-state index in [-0.39, 0.29) is 18.0 Å². The molecule has 0 aliphatic heterocycles. The molecule has 0 radical (unpaired) electrons. The minimum Gasteiger partial charge on any atom is -0.388 e. The zero-order chi connectivity index (χ0) is 12.9. The van der Waals surface area contributed by atoms with E-state index in [9.17, 15) is 14.7 Å². The zero-order valence-electron chi connectivity index (χ0n) is 10.1. The average molecular weight is 238 g/mol. The third kappa shape index (κ3) is 3.71. The fraction of sp³-hybridized carbons (Fsp3) is 0.500. The van der Waals surface area contributed by atoms with Crippen LogP contribution in [-0.2, 0) is 0 Å². The Morgan fingerprint density at radius 2 is 2.12 bits per heavy atom. The summed E-state index contributed by atoms with van der Waals surface area (Å²) in [5.41, 5.74) is -0.904. The van der Waals surface area contributed by atoms with Crippen molar-refractivity contribution in [3.05, 3.63) is 34.2 Å². The van der Waals surface area contributed by atoms with Crippen molar-refractivity contribution in [3.63, 3.8) is 0 Å². The van der Waals surface area contributed by atoms with Crippen molar-refractivity contribution in [1.82, 2.24) is 10.3 Å². The SMILES string of the molecule is CCC(O)(CC)CNC(=O)c1cc[nH]c(=O)c1. The van der Waals surface area contributed by atoms with Crippen LogP contribution >= 0.6 is 0 Å². The highest BCUT2D eigenvalue weighted by atomic mass is 16.3. The Morgan fingerprint density at radius 3 is 2.65 bits per heavy atom. The lowest BCUT2D eigenvalue weighted by atomic mass is 9.97. The van der Waals surface area contributed by atoms with Crippen molar-refractivity contribution >= 4 is 5.91 Å². The Morgan fingerprint density at radius 1 is 1.47 bits per heavy atom. The number of nitrogens with one attached hydrogen (secondary N) is 2. The van der Waals surface area contributed by atoms with Gasteiger partial charge in [-0.05, 0) is 18.9 Å². The summed E-state index contributed by atoms with van der Waals surface area (Å²) < 4.78 is 0. The van der Waals surface area contributed by atoms with E-state index in [4.69, 9.17) is 0 Å². The molecule has 0 bridgehead atoms. The van der Waals surface area contributed by atoms with Gasteiger partial charge in [-0.15, -0.1) is 0 Å². The van der Waals surface area contributed by atoms with Gasteiger partial charge in [0.15, 0.2) is 0 Å². The standard InChI is InChI=1S/C12H18N2O3/c1-3-12(17,4-2)8-14-11(16)9-5-6-13-10(15)7-9/h5-7,17H,3-4,8H2,1-2H3,(H,13,15)(H,14,16). The van der Waals surface area contributed by atoms with Gasteiger partial charge in [0.25, 0.3) is 5.91 Å². The summed E-state index contributed by atoms with van der Waals surface area (Å²) in [4.78, 5) is 25.2. The van der Waals surface area contributed by atoms with Crippen LogP contribution in [-0.4, -0.2) is 28.1 Å². The van der Waals surface area contributed by atoms with Gasteiger partial charge in [0, 0.05) is 24.4 Å². The molecule has 0 unspecified atom stereocenters. The molecule has 0 aromatic carbocycles. The first-order chi connectivity index (χ1) is 8.00. The van der Waals surface area contributed by atoms with Gasteiger partial charge in [-0.3, -0.25) is 9.59 Å². The molecule has 0 spiro atoms. The summed E-state index contributed by atoms with van der Waals surface area (Å²) in [6.07, 6.45) is 2.56. The van der Waals surface area contributed by atoms with Crippen molar-refractivity contribution in [3.8, 4) is 0 Å². The molecule has 1 amide bonds. The Kier molecular flexibility index (Phi) is 4.45. The highest BCUT2D eigenvalue weighted by Crippen LogP contribution is 2.12. The number of aromatic amines is 1. The van der Waals surface area contributed by atoms with Crippen LogP contribution in [0.4, 0.5) is 0 Å². The van der Waals surface area contributed by atoms with Gasteiger partial charge in [0.1, 0.15) is 0 Å². The van der Waals surface area contributed by atoms with E-state index in [0.717, 1.165) is 0 Å². The highest BCUT2D eigenvalue weighted by Gasteiger charge is 2.22. The third-order valence-electron chi connectivity index (χ3n) is 2.93. The maximum absolute atomic E-state index is 11.7. The van der Waals surface area contributed by atoms with Gasteiger partial charge in [0.05, 0.1) is 5.60 Å². The topological polar surface area (TPSA) is 82.2 Å². The summed E-state index contributed by atoms with van der Waals surface area (Å²) in [6, 6.07) is 2.75. The number of rotatable bonds is 5. The molecule has 0 saturated carbocycles. The number of hydrogen-bond donors (Lipinski definition) is 3. The molecular formula is C12H18N2O3. The maximum Gasteiger partial charge on any atom is 0.251 e. The second-order valence-electron chi connectivity index (χ2n) is 4.06. The fourth-order valence-corrected chi connectivity index (χ4v) is 1.43. The third-order valence-corrected chi connectivity index (χ3v) is 2.93. The molecule has 0 atom stereocenters. The molecule has 1 aromatic rings. The van der Waals surface area contributed by atoms with E-state index in [1.165, 1.54) is 18.3 Å². The summed E-state index contributed by atoms with van der Waals surface area (Å²) in [5.74, 6) is -0.351. The predicted molar refractivity (Wildman–Crippen MR) is 64.9 cm³/mol. The van der Waals surface area contributed by atoms with Gasteiger partial charge in [-0.25, -0.2) is 0 Å². The molecule has 17 heavy (non-hydrogen) atoms. The number of H-pyrrole nitrogens is 1. The average Bonchev–Trinajstić information content (AvgIpc) is 2.35. The molecule has 1 heterocycles. The summed E-state index contributed by atoms with van der Waals surface area (Å²) in [6.45, 7) is 3.91. The molecule has 1 rings (SSSR count). The van der Waals surface area contributed by atoms with Crippen LogP contribution < -0.4 is 10.9 Å². The summed E-state index contributed by atoms with van der Waals surface area (Å²) >= 11 is 0. The number of carbonyl (C=O) groups excluding carboxylic acids is 1. The van der Waals surface area contributed by atoms with E-state index >= 15 is 0 Å². The van der Waals surface area contributed by atoms with Crippen molar-refractivity contribution in [2.45, 2.75) is 32.3 Å². The van der Waals surface area contributed by atoms with Gasteiger partial charge in [-0.2, -0.15) is 0 Å². The molecule has 5 heteroatoms. The zero-order valence-corrected chi connectivity index (χ0v) is 10.1. The molecule has 0 fully saturated rings. The Labute approximate surface area is 99.9 Å². The lowest BCUT2D eigenvalue weighted by Crippen LogP contribution is -2.42. The molecule has 3 N–H and O–H groups in total. The van der Waals surface area contributed by atoms with E-state index < -0.39 is 5.60 Å². The van der Waals surface area contributed by atoms with Gasteiger partial charge in [0.2, 0.25) is 5.56 Å². The Balaban J connectivity index is 2.65. The number of carbonyl (C=O) groups is 1. The van der Waals surface area contributed by atoms with Gasteiger partial charge < -0.3 is 15.4 Å². The van der Waals surface area contributed by atoms with Crippen LogP contribution in [0.2, 0.25) is 0 Å². The molecule has 5 nitrogen and oxygen atoms in total. The molecule has 94 valence electrons. The van der Waals surface area contributed by atoms with Crippen molar-refractivity contribution in [2.75, 3.05) is 6.54 Å². The summed E-state index contributed by atoms with van der Waals surface area (Å²) in [7, 11) is 0. The van der Waals surface area contributed by atoms with Gasteiger partial charge >= 0.3 is 0 Å². The Hall–Kier alpha value is -1.62. The monoisotopic (exact) mass is 238 g/mol. The molecule has 0 aliphatic rings. The number of pyridine rings is 1. The fourth-order valence-electron chi connectivity index (χ4n) is 1.43. The minimum atomic E-state index is -0.878. The van der Waals surface area contributed by atoms with Crippen molar-refractivity contribution in [1.29, 1.82) is 0 Å². The minimum absolute atomic E-state index is 0.186. The second kappa shape index (κ2) is 5.63. The smallest absolute Gasteiger partial charge is 0.251 e. The van der Waals surface area contributed by atoms with Crippen LogP contribution in [0.5, 0.6) is 0 Å². The number of amides is 1. The summed E-state index contributed by atoms with van der Waals surface area (Å²) in [5, 5.41) is 12.6. The lowest BCUT2D eigenvalue weighted by molar-refractivity contribution is 0.0314. The quantitative estimate of drug-likeness (QED) is 0.704. The van der Waals surface area contributed by atoms with Crippen LogP contribution in [0.25, 0.3) is 0 Å². The second-order valence-corrected chi connectivity index (χ2v) is 4.06. The molecule has 0 saturated heterocycles. The normalized spacial score (nSPS) is 11.2. The first-order valence-corrected chi connectivity index (χ1v) is 5.70. The highest BCUT2D eigenvalue weighted by molar-refractivity contribution is 5.93. The Bertz CT molecular complexity index is 435. The van der Waals surface area contributed by atoms with E-state index in [1.807, 2.05) is 13.8 Å². The molecule has 1 aromatic heterocycles. The number of aromatic nitrogens is 1. The number of hydrogen-bond acceptors (Lipinski definition) is 3. The van der Waals surface area contributed by atoms with E-state index in [0.29, 0.717) is 18.4 Å². The van der Waals surface area contributed by atoms with Crippen LogP contribution in [0.1, 0.15) is 37.0 Å². The van der Waals surface area contributed by atoms with E-state index in [1.54, 1.807) is 0 Å². The predicted octanol–water partition coefficient (Wildman–Crippen LogP) is 0.656. The molecular weight excluding hydrogens is 220 g/mol. The first-order valence-electron chi connectivity index (χ1n) is 5.70. The van der Waals surface area contributed by atoms with Crippen LogP contribution in [0, 0.1) is 0 Å². The van der Waals surface area contributed by atoms with Crippen molar-refractivity contribution < 1.29 is 9.90 Å². The first kappa shape index (κ1) is 13.4. The van der Waals surface area contributed by atoms with Crippen molar-refractivity contribution in [2.24, 2.45) is 0 Å².